The second-order valence-corrected chi connectivity index (χ2v) is 7.69. The number of hydrogen-bond donors (Lipinski definition) is 2. The molecule has 0 aliphatic rings. The molecular weight excluding hydrogens is 340 g/mol. The molecule has 0 atom stereocenters. The lowest BCUT2D eigenvalue weighted by Crippen LogP contribution is -2.16. The molecule has 0 aromatic heterocycles. The van der Waals surface area contributed by atoms with Crippen LogP contribution in [0.2, 0.25) is 0 Å². The number of carbonyl (C=O) groups is 1. The van der Waals surface area contributed by atoms with Crippen LogP contribution in [-0.4, -0.2) is 21.4 Å². The van der Waals surface area contributed by atoms with Crippen LogP contribution in [0.5, 0.6) is 5.75 Å². The molecule has 1 amide bonds. The van der Waals surface area contributed by atoms with Crippen molar-refractivity contribution in [2.24, 2.45) is 5.92 Å². The summed E-state index contributed by atoms with van der Waals surface area (Å²) in [6, 6.07) is 12.7. The molecule has 2 rings (SSSR count). The minimum Gasteiger partial charge on any atom is -0.497 e. The van der Waals surface area contributed by atoms with Crippen LogP contribution in [-0.2, 0) is 14.8 Å². The Kier molecular flexibility index (Phi) is 6.03. The molecule has 0 unspecified atom stereocenters. The van der Waals surface area contributed by atoms with Crippen LogP contribution in [0.3, 0.4) is 0 Å². The van der Waals surface area contributed by atoms with Crippen molar-refractivity contribution in [3.8, 4) is 5.75 Å². The molecule has 0 bridgehead atoms. The van der Waals surface area contributed by atoms with Crippen molar-refractivity contribution in [2.75, 3.05) is 17.1 Å². The van der Waals surface area contributed by atoms with E-state index >= 15 is 0 Å². The third kappa shape index (κ3) is 5.49. The number of amides is 1. The van der Waals surface area contributed by atoms with Crippen LogP contribution in [0.1, 0.15) is 20.3 Å². The number of ether oxygens (including phenoxy) is 1. The topological polar surface area (TPSA) is 84.5 Å². The Morgan fingerprint density at radius 1 is 1.08 bits per heavy atom. The van der Waals surface area contributed by atoms with Gasteiger partial charge in [-0.15, -0.1) is 0 Å². The van der Waals surface area contributed by atoms with Crippen LogP contribution >= 0.6 is 0 Å². The molecule has 0 aliphatic heterocycles. The van der Waals surface area contributed by atoms with Crippen LogP contribution in [0, 0.1) is 5.92 Å². The molecule has 0 saturated heterocycles. The van der Waals surface area contributed by atoms with Crippen LogP contribution in [0.4, 0.5) is 11.4 Å². The minimum absolute atomic E-state index is 0.0747. The fraction of sp³-hybridized carbons (Fsp3) is 0.278. The summed E-state index contributed by atoms with van der Waals surface area (Å²) in [5, 5.41) is 2.72. The normalized spacial score (nSPS) is 11.2. The Morgan fingerprint density at radius 3 is 2.36 bits per heavy atom. The van der Waals surface area contributed by atoms with E-state index in [4.69, 9.17) is 4.74 Å². The maximum Gasteiger partial charge on any atom is 0.261 e. The number of anilines is 2. The zero-order valence-corrected chi connectivity index (χ0v) is 15.3. The van der Waals surface area contributed by atoms with Gasteiger partial charge in [0.2, 0.25) is 5.91 Å². The van der Waals surface area contributed by atoms with E-state index in [2.05, 4.69) is 10.0 Å². The molecule has 0 aliphatic carbocycles. The highest BCUT2D eigenvalue weighted by atomic mass is 32.2. The Bertz CT molecular complexity index is 830. The first kappa shape index (κ1) is 18.8. The largest absolute Gasteiger partial charge is 0.497 e. The Balaban J connectivity index is 2.15. The quantitative estimate of drug-likeness (QED) is 0.790. The summed E-state index contributed by atoms with van der Waals surface area (Å²) in [5.74, 6) is 0.717. The van der Waals surface area contributed by atoms with Gasteiger partial charge in [-0.3, -0.25) is 9.52 Å². The van der Waals surface area contributed by atoms with Gasteiger partial charge >= 0.3 is 0 Å². The monoisotopic (exact) mass is 362 g/mol. The van der Waals surface area contributed by atoms with E-state index in [-0.39, 0.29) is 16.7 Å². The lowest BCUT2D eigenvalue weighted by atomic mass is 10.1. The summed E-state index contributed by atoms with van der Waals surface area (Å²) >= 11 is 0. The van der Waals surface area contributed by atoms with Gasteiger partial charge in [-0.05, 0) is 48.4 Å². The number of sulfonamides is 1. The first-order valence-corrected chi connectivity index (χ1v) is 9.35. The van der Waals surface area contributed by atoms with Gasteiger partial charge in [0.1, 0.15) is 5.75 Å². The molecule has 6 nitrogen and oxygen atoms in total. The smallest absolute Gasteiger partial charge is 0.261 e. The molecule has 2 N–H and O–H groups in total. The third-order valence-electron chi connectivity index (χ3n) is 3.36. The Labute approximate surface area is 148 Å². The van der Waals surface area contributed by atoms with Crippen molar-refractivity contribution in [3.63, 3.8) is 0 Å². The van der Waals surface area contributed by atoms with Gasteiger partial charge < -0.3 is 10.1 Å². The van der Waals surface area contributed by atoms with E-state index in [9.17, 15) is 13.2 Å². The van der Waals surface area contributed by atoms with Crippen LogP contribution in [0.25, 0.3) is 0 Å². The lowest BCUT2D eigenvalue weighted by molar-refractivity contribution is -0.116. The standard InChI is InChI=1S/C18H22N2O4S/c1-13(2)11-18(21)19-15-5-4-6-17(12-15)25(22,23)20-14-7-9-16(24-3)10-8-14/h4-10,12-13,20H,11H2,1-3H3,(H,19,21). The average molecular weight is 362 g/mol. The number of hydrogen-bond acceptors (Lipinski definition) is 4. The van der Waals surface area contributed by atoms with E-state index in [1.54, 1.807) is 36.4 Å². The summed E-state index contributed by atoms with van der Waals surface area (Å²) in [7, 11) is -2.22. The van der Waals surface area contributed by atoms with Crippen molar-refractivity contribution in [1.82, 2.24) is 0 Å². The van der Waals surface area contributed by atoms with Gasteiger partial charge in [-0.1, -0.05) is 19.9 Å². The minimum atomic E-state index is -3.76. The second-order valence-electron chi connectivity index (χ2n) is 6.01. The third-order valence-corrected chi connectivity index (χ3v) is 4.74. The average Bonchev–Trinajstić information content (AvgIpc) is 2.54. The first-order valence-electron chi connectivity index (χ1n) is 7.87. The van der Waals surface area contributed by atoms with Crippen molar-refractivity contribution in [3.05, 3.63) is 48.5 Å². The summed E-state index contributed by atoms with van der Waals surface area (Å²) in [6.07, 6.45) is 0.376. The number of rotatable bonds is 7. The van der Waals surface area contributed by atoms with Crippen molar-refractivity contribution < 1.29 is 17.9 Å². The summed E-state index contributed by atoms with van der Waals surface area (Å²) < 4.78 is 32.6. The maximum absolute atomic E-state index is 12.5. The lowest BCUT2D eigenvalue weighted by Gasteiger charge is -2.11. The van der Waals surface area contributed by atoms with Crippen LogP contribution < -0.4 is 14.8 Å². The summed E-state index contributed by atoms with van der Waals surface area (Å²) in [4.78, 5) is 11.9. The molecule has 0 spiro atoms. The van der Waals surface area contributed by atoms with Gasteiger partial charge in [0.05, 0.1) is 12.0 Å². The van der Waals surface area contributed by atoms with Crippen molar-refractivity contribution in [1.29, 1.82) is 0 Å². The number of nitrogens with one attached hydrogen (secondary N) is 2. The SMILES string of the molecule is COc1ccc(NS(=O)(=O)c2cccc(NC(=O)CC(C)C)c2)cc1. The first-order chi connectivity index (χ1) is 11.8. The zero-order valence-electron chi connectivity index (χ0n) is 14.4. The van der Waals surface area contributed by atoms with Crippen molar-refractivity contribution >= 4 is 27.3 Å². The molecular formula is C18H22N2O4S. The van der Waals surface area contributed by atoms with Gasteiger partial charge in [0, 0.05) is 17.8 Å². The van der Waals surface area contributed by atoms with E-state index in [0.717, 1.165) is 0 Å². The van der Waals surface area contributed by atoms with E-state index in [0.29, 0.717) is 23.5 Å². The number of methoxy groups -OCH3 is 1. The molecule has 0 fully saturated rings. The highest BCUT2D eigenvalue weighted by molar-refractivity contribution is 7.92. The number of carbonyl (C=O) groups excluding carboxylic acids is 1. The fourth-order valence-electron chi connectivity index (χ4n) is 2.20. The molecule has 2 aromatic carbocycles. The summed E-state index contributed by atoms with van der Waals surface area (Å²) in [5.41, 5.74) is 0.873. The predicted molar refractivity (Wildman–Crippen MR) is 98.3 cm³/mol. The summed E-state index contributed by atoms with van der Waals surface area (Å²) in [6.45, 7) is 3.89. The van der Waals surface area contributed by atoms with Gasteiger partial charge in [0.15, 0.2) is 0 Å². The number of benzene rings is 2. The second kappa shape index (κ2) is 8.02. The molecule has 0 radical (unpaired) electrons. The maximum atomic E-state index is 12.5. The van der Waals surface area contributed by atoms with E-state index < -0.39 is 10.0 Å². The Morgan fingerprint density at radius 2 is 1.76 bits per heavy atom. The highest BCUT2D eigenvalue weighted by Crippen LogP contribution is 2.21. The molecule has 134 valence electrons. The predicted octanol–water partition coefficient (Wildman–Crippen LogP) is 3.48. The molecule has 0 heterocycles. The van der Waals surface area contributed by atoms with Gasteiger partial charge in [-0.25, -0.2) is 8.42 Å². The van der Waals surface area contributed by atoms with E-state index in [1.165, 1.54) is 19.2 Å². The fourth-order valence-corrected chi connectivity index (χ4v) is 3.30. The van der Waals surface area contributed by atoms with E-state index in [1.807, 2.05) is 13.8 Å². The van der Waals surface area contributed by atoms with Crippen molar-refractivity contribution in [2.45, 2.75) is 25.2 Å². The van der Waals surface area contributed by atoms with Crippen LogP contribution in [0.15, 0.2) is 53.4 Å². The molecule has 2 aromatic rings. The molecule has 25 heavy (non-hydrogen) atoms. The molecule has 0 saturated carbocycles. The zero-order chi connectivity index (χ0) is 18.4. The van der Waals surface area contributed by atoms with Gasteiger partial charge in [0.25, 0.3) is 10.0 Å². The Hall–Kier alpha value is -2.54. The van der Waals surface area contributed by atoms with Gasteiger partial charge in [-0.2, -0.15) is 0 Å². The molecule has 7 heteroatoms. The highest BCUT2D eigenvalue weighted by Gasteiger charge is 2.15.